The zero-order chi connectivity index (χ0) is 15.1. The van der Waals surface area contributed by atoms with Crippen molar-refractivity contribution in [3.63, 3.8) is 0 Å². The third-order valence-electron chi connectivity index (χ3n) is 3.02. The molecule has 1 aromatic heterocycles. The van der Waals surface area contributed by atoms with E-state index in [0.29, 0.717) is 37.7 Å². The first kappa shape index (κ1) is 16.2. The Balaban J connectivity index is 1.97. The molecule has 0 aliphatic carbocycles. The highest BCUT2D eigenvalue weighted by Crippen LogP contribution is 2.18. The Morgan fingerprint density at radius 2 is 2.38 bits per heavy atom. The van der Waals surface area contributed by atoms with Crippen molar-refractivity contribution >= 4 is 27.7 Å². The van der Waals surface area contributed by atoms with E-state index in [2.05, 4.69) is 38.5 Å². The van der Waals surface area contributed by atoms with E-state index >= 15 is 0 Å². The first-order chi connectivity index (χ1) is 10.2. The topological polar surface area (TPSA) is 72.5 Å². The maximum absolute atomic E-state index is 12.3. The normalized spacial score (nSPS) is 18.3. The molecule has 0 bridgehead atoms. The summed E-state index contributed by atoms with van der Waals surface area (Å²) in [5.74, 6) is 0.426. The molecular weight excluding hydrogens is 338 g/mol. The van der Waals surface area contributed by atoms with Crippen molar-refractivity contribution in [3.8, 4) is 0 Å². The minimum absolute atomic E-state index is 0.0881. The van der Waals surface area contributed by atoms with Crippen molar-refractivity contribution in [2.75, 3.05) is 38.2 Å². The quantitative estimate of drug-likeness (QED) is 0.812. The Hall–Kier alpha value is -1.18. The lowest BCUT2D eigenvalue weighted by molar-refractivity contribution is -0.0855. The lowest BCUT2D eigenvalue weighted by atomic mass is 10.2. The Morgan fingerprint density at radius 3 is 3.10 bits per heavy atom. The van der Waals surface area contributed by atoms with Gasteiger partial charge >= 0.3 is 0 Å². The van der Waals surface area contributed by atoms with Gasteiger partial charge in [-0.2, -0.15) is 0 Å². The van der Waals surface area contributed by atoms with Gasteiger partial charge in [-0.25, -0.2) is 4.98 Å². The Labute approximate surface area is 132 Å². The third-order valence-corrected chi connectivity index (χ3v) is 3.45. The Kier molecular flexibility index (Phi) is 6.41. The molecule has 2 heterocycles. The number of halogens is 1. The van der Waals surface area contributed by atoms with Gasteiger partial charge in [0, 0.05) is 23.8 Å². The Bertz CT molecular complexity index is 479. The van der Waals surface area contributed by atoms with E-state index in [-0.39, 0.29) is 12.0 Å². The molecule has 1 amide bonds. The largest absolute Gasteiger partial charge is 0.376 e. The van der Waals surface area contributed by atoms with Crippen LogP contribution in [0.5, 0.6) is 0 Å². The molecule has 1 atom stereocenters. The van der Waals surface area contributed by atoms with Crippen LogP contribution in [0.1, 0.15) is 23.7 Å². The lowest BCUT2D eigenvalue weighted by Crippen LogP contribution is -2.39. The van der Waals surface area contributed by atoms with E-state index in [9.17, 15) is 4.79 Å². The van der Waals surface area contributed by atoms with E-state index in [0.717, 1.165) is 17.4 Å². The van der Waals surface area contributed by atoms with Crippen molar-refractivity contribution in [3.05, 3.63) is 22.3 Å². The number of hydrogen-bond donors (Lipinski definition) is 2. The van der Waals surface area contributed by atoms with Crippen LogP contribution < -0.4 is 10.6 Å². The molecule has 7 heteroatoms. The number of carbonyl (C=O) groups excluding carboxylic acids is 1. The molecular formula is C14H20BrN3O3. The van der Waals surface area contributed by atoms with Crippen LogP contribution in [0.15, 0.2) is 16.7 Å². The predicted octanol–water partition coefficient (Wildman–Crippen LogP) is 1.81. The van der Waals surface area contributed by atoms with Crippen LogP contribution in [0.3, 0.4) is 0 Å². The van der Waals surface area contributed by atoms with E-state index in [4.69, 9.17) is 9.47 Å². The van der Waals surface area contributed by atoms with Crippen LogP contribution >= 0.6 is 15.9 Å². The fourth-order valence-corrected chi connectivity index (χ4v) is 2.28. The van der Waals surface area contributed by atoms with Crippen LogP contribution in [-0.2, 0) is 9.47 Å². The first-order valence-corrected chi connectivity index (χ1v) is 7.87. The highest BCUT2D eigenvalue weighted by molar-refractivity contribution is 9.10. The number of aromatic nitrogens is 1. The summed E-state index contributed by atoms with van der Waals surface area (Å²) >= 11 is 3.35. The average Bonchev–Trinajstić information content (AvgIpc) is 2.52. The molecule has 116 valence electrons. The molecule has 0 saturated carbocycles. The molecule has 1 fully saturated rings. The second-order valence-electron chi connectivity index (χ2n) is 4.75. The van der Waals surface area contributed by atoms with Gasteiger partial charge in [0.1, 0.15) is 5.82 Å². The number of rotatable bonds is 6. The predicted molar refractivity (Wildman–Crippen MR) is 83.6 cm³/mol. The van der Waals surface area contributed by atoms with Gasteiger partial charge in [0.2, 0.25) is 0 Å². The van der Waals surface area contributed by atoms with Gasteiger partial charge in [0.25, 0.3) is 5.91 Å². The SMILES string of the molecule is CCCNc1ncc(Br)cc1C(=O)NCC1COCCO1. The van der Waals surface area contributed by atoms with Crippen LogP contribution in [0.4, 0.5) is 5.82 Å². The number of nitrogens with one attached hydrogen (secondary N) is 2. The molecule has 2 rings (SSSR count). The van der Waals surface area contributed by atoms with Crippen LogP contribution in [-0.4, -0.2) is 49.9 Å². The highest BCUT2D eigenvalue weighted by Gasteiger charge is 2.18. The summed E-state index contributed by atoms with van der Waals surface area (Å²) in [5, 5.41) is 6.03. The summed E-state index contributed by atoms with van der Waals surface area (Å²) < 4.78 is 11.6. The summed E-state index contributed by atoms with van der Waals surface area (Å²) in [5.41, 5.74) is 0.523. The first-order valence-electron chi connectivity index (χ1n) is 7.07. The molecule has 2 N–H and O–H groups in total. The van der Waals surface area contributed by atoms with Crippen LogP contribution in [0, 0.1) is 0 Å². The molecule has 0 radical (unpaired) electrons. The smallest absolute Gasteiger partial charge is 0.255 e. The van der Waals surface area contributed by atoms with Crippen molar-refractivity contribution in [1.29, 1.82) is 0 Å². The number of amides is 1. The maximum Gasteiger partial charge on any atom is 0.255 e. The second-order valence-corrected chi connectivity index (χ2v) is 5.67. The van der Waals surface area contributed by atoms with E-state index in [1.165, 1.54) is 0 Å². The van der Waals surface area contributed by atoms with Crippen molar-refractivity contribution < 1.29 is 14.3 Å². The molecule has 1 aliphatic heterocycles. The monoisotopic (exact) mass is 357 g/mol. The van der Waals surface area contributed by atoms with Crippen molar-refractivity contribution in [2.45, 2.75) is 19.4 Å². The summed E-state index contributed by atoms with van der Waals surface area (Å²) in [7, 11) is 0. The standard InChI is InChI=1S/C14H20BrN3O3/c1-2-3-16-13-12(6-10(15)7-17-13)14(19)18-8-11-9-20-4-5-21-11/h6-7,11H,2-5,8-9H2,1H3,(H,16,17)(H,18,19). The number of hydrogen-bond acceptors (Lipinski definition) is 5. The molecule has 1 saturated heterocycles. The van der Waals surface area contributed by atoms with Gasteiger partial charge in [-0.3, -0.25) is 4.79 Å². The van der Waals surface area contributed by atoms with Gasteiger partial charge < -0.3 is 20.1 Å². The number of pyridine rings is 1. The maximum atomic E-state index is 12.3. The third kappa shape index (κ3) is 4.94. The number of carbonyl (C=O) groups is 1. The summed E-state index contributed by atoms with van der Waals surface area (Å²) in [6, 6.07) is 1.76. The minimum Gasteiger partial charge on any atom is -0.376 e. The van der Waals surface area contributed by atoms with E-state index in [1.54, 1.807) is 12.3 Å². The second kappa shape index (κ2) is 8.31. The van der Waals surface area contributed by atoms with Gasteiger partial charge in [0.15, 0.2) is 0 Å². The van der Waals surface area contributed by atoms with Crippen LogP contribution in [0.25, 0.3) is 0 Å². The van der Waals surface area contributed by atoms with E-state index in [1.807, 2.05) is 0 Å². The summed E-state index contributed by atoms with van der Waals surface area (Å²) in [4.78, 5) is 16.6. The summed E-state index contributed by atoms with van der Waals surface area (Å²) in [6.07, 6.45) is 2.55. The number of ether oxygens (including phenoxy) is 2. The fourth-order valence-electron chi connectivity index (χ4n) is 1.95. The molecule has 6 nitrogen and oxygen atoms in total. The zero-order valence-electron chi connectivity index (χ0n) is 12.0. The van der Waals surface area contributed by atoms with Crippen LogP contribution in [0.2, 0.25) is 0 Å². The highest BCUT2D eigenvalue weighted by atomic mass is 79.9. The van der Waals surface area contributed by atoms with Gasteiger partial charge in [-0.1, -0.05) is 6.92 Å². The average molecular weight is 358 g/mol. The fraction of sp³-hybridized carbons (Fsp3) is 0.571. The van der Waals surface area contributed by atoms with Gasteiger partial charge in [-0.15, -0.1) is 0 Å². The summed E-state index contributed by atoms with van der Waals surface area (Å²) in [6.45, 7) is 4.96. The molecule has 21 heavy (non-hydrogen) atoms. The number of anilines is 1. The molecule has 1 aromatic rings. The molecule has 1 unspecified atom stereocenters. The number of nitrogens with zero attached hydrogens (tertiary/aromatic N) is 1. The van der Waals surface area contributed by atoms with Gasteiger partial charge in [-0.05, 0) is 28.4 Å². The van der Waals surface area contributed by atoms with Gasteiger partial charge in [0.05, 0.1) is 31.5 Å². The zero-order valence-corrected chi connectivity index (χ0v) is 13.6. The van der Waals surface area contributed by atoms with Crippen molar-refractivity contribution in [2.24, 2.45) is 0 Å². The van der Waals surface area contributed by atoms with Crippen molar-refractivity contribution in [1.82, 2.24) is 10.3 Å². The molecule has 0 aromatic carbocycles. The molecule has 1 aliphatic rings. The Morgan fingerprint density at radius 1 is 1.52 bits per heavy atom. The van der Waals surface area contributed by atoms with E-state index < -0.39 is 0 Å². The lowest BCUT2D eigenvalue weighted by Gasteiger charge is -2.23. The minimum atomic E-state index is -0.170. The molecule has 0 spiro atoms.